The summed E-state index contributed by atoms with van der Waals surface area (Å²) in [6.45, 7) is 4.11. The minimum atomic E-state index is -0.309. The molecule has 2 heterocycles. The number of hydrogen-bond donors (Lipinski definition) is 0. The van der Waals surface area contributed by atoms with Crippen LogP contribution in [0.2, 0.25) is 0 Å². The second-order valence-electron chi connectivity index (χ2n) is 5.85. The lowest BCUT2D eigenvalue weighted by molar-refractivity contribution is 0.103. The molecule has 0 N–H and O–H groups in total. The third kappa shape index (κ3) is 4.94. The van der Waals surface area contributed by atoms with E-state index in [1.165, 1.54) is 0 Å². The smallest absolute Gasteiger partial charge is 0.415 e. The fourth-order valence-corrected chi connectivity index (χ4v) is 2.63. The molecule has 0 aliphatic carbocycles. The van der Waals surface area contributed by atoms with Gasteiger partial charge in [-0.3, -0.25) is 4.90 Å². The van der Waals surface area contributed by atoms with Crippen LogP contribution < -0.4 is 9.47 Å². The first kappa shape index (κ1) is 17.7. The average molecular weight is 352 g/mol. The minimum absolute atomic E-state index is 0.309. The van der Waals surface area contributed by atoms with Gasteiger partial charge in [-0.25, -0.2) is 9.78 Å². The summed E-state index contributed by atoms with van der Waals surface area (Å²) in [5.41, 5.74) is 0.371. The first-order valence-corrected chi connectivity index (χ1v) is 8.48. The molecule has 7 nitrogen and oxygen atoms in total. The lowest BCUT2D eigenvalue weighted by Gasteiger charge is -2.33. The Kier molecular flexibility index (Phi) is 6.01. The van der Waals surface area contributed by atoms with E-state index in [4.69, 9.17) is 14.7 Å². The van der Waals surface area contributed by atoms with E-state index >= 15 is 0 Å². The largest absolute Gasteiger partial charge is 0.491 e. The maximum atomic E-state index is 12.2. The zero-order valence-electron chi connectivity index (χ0n) is 14.4. The molecule has 134 valence electrons. The Balaban J connectivity index is 1.37. The predicted octanol–water partition coefficient (Wildman–Crippen LogP) is 2.15. The number of hydrogen-bond acceptors (Lipinski definition) is 6. The molecule has 3 rings (SSSR count). The summed E-state index contributed by atoms with van der Waals surface area (Å²) in [7, 11) is 0. The fraction of sp³-hybridized carbons (Fsp3) is 0.316. The van der Waals surface area contributed by atoms with Crippen molar-refractivity contribution < 1.29 is 14.3 Å². The third-order valence-corrected chi connectivity index (χ3v) is 4.11. The van der Waals surface area contributed by atoms with Crippen molar-refractivity contribution in [3.63, 3.8) is 0 Å². The molecule has 26 heavy (non-hydrogen) atoms. The van der Waals surface area contributed by atoms with Crippen LogP contribution in [0, 0.1) is 11.3 Å². The minimum Gasteiger partial charge on any atom is -0.491 e. The number of pyridine rings is 1. The molecule has 0 radical (unpaired) electrons. The van der Waals surface area contributed by atoms with Crippen LogP contribution in [0.25, 0.3) is 0 Å². The van der Waals surface area contributed by atoms with Crippen molar-refractivity contribution in [3.8, 4) is 17.6 Å². The van der Waals surface area contributed by atoms with Crippen molar-refractivity contribution in [2.45, 2.75) is 0 Å². The lowest BCUT2D eigenvalue weighted by atomic mass is 10.3. The Morgan fingerprint density at radius 1 is 1.08 bits per heavy atom. The molecule has 0 saturated carbocycles. The van der Waals surface area contributed by atoms with Crippen LogP contribution in [-0.2, 0) is 0 Å². The van der Waals surface area contributed by atoms with Gasteiger partial charge in [-0.1, -0.05) is 18.2 Å². The second-order valence-corrected chi connectivity index (χ2v) is 5.85. The molecule has 1 saturated heterocycles. The van der Waals surface area contributed by atoms with Gasteiger partial charge < -0.3 is 14.4 Å². The summed E-state index contributed by atoms with van der Waals surface area (Å²) < 4.78 is 11.0. The second kappa shape index (κ2) is 8.83. The Morgan fingerprint density at radius 3 is 2.50 bits per heavy atom. The maximum absolute atomic E-state index is 12.2. The highest BCUT2D eigenvalue weighted by Gasteiger charge is 2.22. The SMILES string of the molecule is N#Cc1ccc(OCCN2CCN(C(=O)Oc3ccccc3)CC2)cn1. The summed E-state index contributed by atoms with van der Waals surface area (Å²) in [5.74, 6) is 1.21. The van der Waals surface area contributed by atoms with E-state index < -0.39 is 0 Å². The number of rotatable bonds is 5. The van der Waals surface area contributed by atoms with Gasteiger partial charge in [-0.15, -0.1) is 0 Å². The van der Waals surface area contributed by atoms with Gasteiger partial charge in [0.25, 0.3) is 0 Å². The highest BCUT2D eigenvalue weighted by atomic mass is 16.6. The molecule has 1 amide bonds. The summed E-state index contributed by atoms with van der Waals surface area (Å²) >= 11 is 0. The van der Waals surface area contributed by atoms with E-state index in [0.717, 1.165) is 19.6 Å². The number of para-hydroxylation sites is 1. The number of piperazine rings is 1. The van der Waals surface area contributed by atoms with Crippen molar-refractivity contribution in [2.24, 2.45) is 0 Å². The van der Waals surface area contributed by atoms with Gasteiger partial charge in [0.1, 0.15) is 29.9 Å². The van der Waals surface area contributed by atoms with Crippen molar-refractivity contribution in [1.82, 2.24) is 14.8 Å². The Hall–Kier alpha value is -3.11. The third-order valence-electron chi connectivity index (χ3n) is 4.11. The van der Waals surface area contributed by atoms with E-state index in [-0.39, 0.29) is 6.09 Å². The average Bonchev–Trinajstić information content (AvgIpc) is 2.70. The molecular weight excluding hydrogens is 332 g/mol. The first-order valence-electron chi connectivity index (χ1n) is 8.48. The van der Waals surface area contributed by atoms with Gasteiger partial charge in [0.15, 0.2) is 0 Å². The number of carbonyl (C=O) groups excluding carboxylic acids is 1. The lowest BCUT2D eigenvalue weighted by Crippen LogP contribution is -2.50. The zero-order chi connectivity index (χ0) is 18.2. The predicted molar refractivity (Wildman–Crippen MR) is 94.9 cm³/mol. The Labute approximate surface area is 152 Å². The summed E-state index contributed by atoms with van der Waals surface area (Å²) in [5, 5.41) is 8.72. The van der Waals surface area contributed by atoms with Crippen molar-refractivity contribution in [2.75, 3.05) is 39.3 Å². The summed E-state index contributed by atoms with van der Waals surface area (Å²) in [6.07, 6.45) is 1.24. The zero-order valence-corrected chi connectivity index (χ0v) is 14.4. The van der Waals surface area contributed by atoms with E-state index in [9.17, 15) is 4.79 Å². The number of carbonyl (C=O) groups is 1. The van der Waals surface area contributed by atoms with Crippen LogP contribution in [-0.4, -0.2) is 60.2 Å². The van der Waals surface area contributed by atoms with Gasteiger partial charge in [-0.05, 0) is 24.3 Å². The van der Waals surface area contributed by atoms with E-state index in [0.29, 0.717) is 36.9 Å². The molecule has 7 heteroatoms. The van der Waals surface area contributed by atoms with Crippen LogP contribution in [0.3, 0.4) is 0 Å². The van der Waals surface area contributed by atoms with Crippen molar-refractivity contribution in [3.05, 3.63) is 54.4 Å². The summed E-state index contributed by atoms with van der Waals surface area (Å²) in [6, 6.07) is 14.4. The number of nitrogens with zero attached hydrogens (tertiary/aromatic N) is 4. The Bertz CT molecular complexity index is 751. The molecule has 0 atom stereocenters. The summed E-state index contributed by atoms with van der Waals surface area (Å²) in [4.78, 5) is 20.1. The molecule has 1 aromatic heterocycles. The molecular formula is C19H20N4O3. The van der Waals surface area contributed by atoms with Gasteiger partial charge in [0.2, 0.25) is 0 Å². The molecule has 1 aliphatic rings. The highest BCUT2D eigenvalue weighted by molar-refractivity contribution is 5.70. The van der Waals surface area contributed by atoms with E-state index in [1.54, 1.807) is 35.4 Å². The van der Waals surface area contributed by atoms with Gasteiger partial charge in [0, 0.05) is 32.7 Å². The quantitative estimate of drug-likeness (QED) is 0.820. The molecule has 1 aliphatic heterocycles. The fourth-order valence-electron chi connectivity index (χ4n) is 2.63. The van der Waals surface area contributed by atoms with Crippen LogP contribution in [0.4, 0.5) is 4.79 Å². The van der Waals surface area contributed by atoms with Crippen LogP contribution in [0.15, 0.2) is 48.7 Å². The first-order chi connectivity index (χ1) is 12.7. The molecule has 0 bridgehead atoms. The molecule has 0 unspecified atom stereocenters. The normalized spacial score (nSPS) is 14.5. The van der Waals surface area contributed by atoms with Gasteiger partial charge in [0.05, 0.1) is 6.20 Å². The Morgan fingerprint density at radius 2 is 1.85 bits per heavy atom. The van der Waals surface area contributed by atoms with Gasteiger partial charge >= 0.3 is 6.09 Å². The number of nitriles is 1. The maximum Gasteiger partial charge on any atom is 0.415 e. The van der Waals surface area contributed by atoms with Crippen LogP contribution in [0.5, 0.6) is 11.5 Å². The molecule has 0 spiro atoms. The van der Waals surface area contributed by atoms with Crippen LogP contribution >= 0.6 is 0 Å². The van der Waals surface area contributed by atoms with Crippen LogP contribution in [0.1, 0.15) is 5.69 Å². The standard InChI is InChI=1S/C19H20N4O3/c20-14-16-6-7-18(15-21-16)25-13-12-22-8-10-23(11-9-22)19(24)26-17-4-2-1-3-5-17/h1-7,15H,8-13H2. The van der Waals surface area contributed by atoms with E-state index in [2.05, 4.69) is 9.88 Å². The number of benzene rings is 1. The monoisotopic (exact) mass is 352 g/mol. The van der Waals surface area contributed by atoms with E-state index in [1.807, 2.05) is 24.3 Å². The van der Waals surface area contributed by atoms with Gasteiger partial charge in [-0.2, -0.15) is 5.26 Å². The topological polar surface area (TPSA) is 78.7 Å². The number of ether oxygens (including phenoxy) is 2. The van der Waals surface area contributed by atoms with Crippen molar-refractivity contribution in [1.29, 1.82) is 5.26 Å². The molecule has 1 aromatic carbocycles. The highest BCUT2D eigenvalue weighted by Crippen LogP contribution is 2.12. The number of amides is 1. The molecule has 1 fully saturated rings. The van der Waals surface area contributed by atoms with Crippen molar-refractivity contribution >= 4 is 6.09 Å². The number of aromatic nitrogens is 1. The molecule has 2 aromatic rings.